The summed E-state index contributed by atoms with van der Waals surface area (Å²) in [5.74, 6) is -0.262. The molecular formula is C10H17NO3S. The van der Waals surface area contributed by atoms with Gasteiger partial charge in [0, 0.05) is 13.0 Å². The first-order valence-corrected chi connectivity index (χ1v) is 5.93. The average Bonchev–Trinajstić information content (AvgIpc) is 2.25. The molecule has 0 radical (unpaired) electrons. The van der Waals surface area contributed by atoms with Crippen LogP contribution in [0.5, 0.6) is 0 Å². The summed E-state index contributed by atoms with van der Waals surface area (Å²) < 4.78 is 0. The number of hydrogen-bond acceptors (Lipinski definition) is 3. The van der Waals surface area contributed by atoms with Gasteiger partial charge in [-0.2, -0.15) is 12.6 Å². The highest BCUT2D eigenvalue weighted by Crippen LogP contribution is 2.18. The van der Waals surface area contributed by atoms with Crippen molar-refractivity contribution in [2.75, 3.05) is 12.3 Å². The number of piperidine rings is 1. The lowest BCUT2D eigenvalue weighted by Crippen LogP contribution is -2.47. The van der Waals surface area contributed by atoms with E-state index in [1.807, 2.05) is 0 Å². The van der Waals surface area contributed by atoms with Crippen molar-refractivity contribution in [1.29, 1.82) is 0 Å². The van der Waals surface area contributed by atoms with E-state index >= 15 is 0 Å². The fourth-order valence-corrected chi connectivity index (χ4v) is 2.02. The Bertz CT molecular complexity index is 245. The zero-order valence-electron chi connectivity index (χ0n) is 8.69. The molecule has 15 heavy (non-hydrogen) atoms. The Morgan fingerprint density at radius 2 is 2.13 bits per heavy atom. The molecule has 1 aliphatic heterocycles. The van der Waals surface area contributed by atoms with Crippen molar-refractivity contribution in [3.8, 4) is 0 Å². The molecule has 0 bridgehead atoms. The van der Waals surface area contributed by atoms with E-state index in [0.29, 0.717) is 31.6 Å². The summed E-state index contributed by atoms with van der Waals surface area (Å²) >= 11 is 4.04. The third kappa shape index (κ3) is 3.41. The Morgan fingerprint density at radius 1 is 1.40 bits per heavy atom. The molecule has 0 aromatic rings. The molecule has 5 heteroatoms. The van der Waals surface area contributed by atoms with Crippen molar-refractivity contribution in [3.63, 3.8) is 0 Å². The van der Waals surface area contributed by atoms with Crippen molar-refractivity contribution in [3.05, 3.63) is 0 Å². The first-order chi connectivity index (χ1) is 7.16. The molecule has 1 N–H and O–H groups in total. The summed E-state index contributed by atoms with van der Waals surface area (Å²) in [5, 5.41) is 8.97. The van der Waals surface area contributed by atoms with Gasteiger partial charge >= 0.3 is 5.97 Å². The van der Waals surface area contributed by atoms with E-state index < -0.39 is 12.0 Å². The third-order valence-corrected chi connectivity index (χ3v) is 2.97. The SMILES string of the molecule is O=C(O)C1CCCCN1C(=O)CCCS. The summed E-state index contributed by atoms with van der Waals surface area (Å²) in [7, 11) is 0. The number of amides is 1. The first kappa shape index (κ1) is 12.4. The lowest BCUT2D eigenvalue weighted by Gasteiger charge is -2.33. The number of carboxylic acids is 1. The van der Waals surface area contributed by atoms with Crippen LogP contribution < -0.4 is 0 Å². The molecule has 1 unspecified atom stereocenters. The van der Waals surface area contributed by atoms with Crippen LogP contribution in [0.15, 0.2) is 0 Å². The maximum atomic E-state index is 11.7. The summed E-state index contributed by atoms with van der Waals surface area (Å²) in [6.07, 6.45) is 3.52. The number of carbonyl (C=O) groups excluding carboxylic acids is 1. The van der Waals surface area contributed by atoms with Crippen LogP contribution in [0, 0.1) is 0 Å². The molecule has 0 aromatic carbocycles. The number of carboxylic acid groups (broad SMARTS) is 1. The van der Waals surface area contributed by atoms with E-state index in [1.54, 1.807) is 0 Å². The topological polar surface area (TPSA) is 57.6 Å². The minimum atomic E-state index is -0.881. The Labute approximate surface area is 95.1 Å². The summed E-state index contributed by atoms with van der Waals surface area (Å²) in [4.78, 5) is 24.1. The second kappa shape index (κ2) is 6.00. The Kier molecular flexibility index (Phi) is 4.94. The Hall–Kier alpha value is -0.710. The monoisotopic (exact) mass is 231 g/mol. The zero-order valence-corrected chi connectivity index (χ0v) is 9.58. The van der Waals surface area contributed by atoms with Crippen LogP contribution in [0.2, 0.25) is 0 Å². The third-order valence-electron chi connectivity index (χ3n) is 2.66. The molecule has 1 aliphatic rings. The van der Waals surface area contributed by atoms with Crippen molar-refractivity contribution < 1.29 is 14.7 Å². The van der Waals surface area contributed by atoms with Crippen molar-refractivity contribution in [2.45, 2.75) is 38.1 Å². The number of carbonyl (C=O) groups is 2. The van der Waals surface area contributed by atoms with Gasteiger partial charge in [0.25, 0.3) is 0 Å². The number of rotatable bonds is 4. The lowest BCUT2D eigenvalue weighted by atomic mass is 10.0. The number of likely N-dealkylation sites (tertiary alicyclic amines) is 1. The van der Waals surface area contributed by atoms with Gasteiger partial charge in [0.1, 0.15) is 6.04 Å². The van der Waals surface area contributed by atoms with Gasteiger partial charge in [0.15, 0.2) is 0 Å². The molecule has 0 spiro atoms. The van der Waals surface area contributed by atoms with Gasteiger partial charge in [-0.25, -0.2) is 4.79 Å². The number of aliphatic carboxylic acids is 1. The molecular weight excluding hydrogens is 214 g/mol. The Morgan fingerprint density at radius 3 is 2.73 bits per heavy atom. The number of thiol groups is 1. The number of hydrogen-bond donors (Lipinski definition) is 2. The van der Waals surface area contributed by atoms with E-state index in [0.717, 1.165) is 12.8 Å². The molecule has 0 aromatic heterocycles. The van der Waals surface area contributed by atoms with Crippen LogP contribution in [-0.4, -0.2) is 40.2 Å². The Balaban J connectivity index is 2.55. The molecule has 1 atom stereocenters. The largest absolute Gasteiger partial charge is 0.480 e. The smallest absolute Gasteiger partial charge is 0.326 e. The average molecular weight is 231 g/mol. The summed E-state index contributed by atoms with van der Waals surface area (Å²) in [5.41, 5.74) is 0. The van der Waals surface area contributed by atoms with E-state index in [9.17, 15) is 9.59 Å². The molecule has 4 nitrogen and oxygen atoms in total. The molecule has 86 valence electrons. The van der Waals surface area contributed by atoms with Gasteiger partial charge in [-0.1, -0.05) is 0 Å². The molecule has 1 rings (SSSR count). The zero-order chi connectivity index (χ0) is 11.3. The van der Waals surface area contributed by atoms with Crippen LogP contribution in [-0.2, 0) is 9.59 Å². The second-order valence-electron chi connectivity index (χ2n) is 3.76. The second-order valence-corrected chi connectivity index (χ2v) is 4.21. The molecule has 0 aliphatic carbocycles. The van der Waals surface area contributed by atoms with E-state index in [1.165, 1.54) is 4.90 Å². The van der Waals surface area contributed by atoms with Crippen LogP contribution in [0.25, 0.3) is 0 Å². The van der Waals surface area contributed by atoms with Crippen molar-refractivity contribution >= 4 is 24.5 Å². The molecule has 1 saturated heterocycles. The number of nitrogens with zero attached hydrogens (tertiary/aromatic N) is 1. The van der Waals surface area contributed by atoms with Gasteiger partial charge in [-0.05, 0) is 31.4 Å². The molecule has 1 amide bonds. The van der Waals surface area contributed by atoms with Crippen LogP contribution in [0.4, 0.5) is 0 Å². The van der Waals surface area contributed by atoms with Gasteiger partial charge in [-0.15, -0.1) is 0 Å². The van der Waals surface area contributed by atoms with Gasteiger partial charge in [-0.3, -0.25) is 4.79 Å². The van der Waals surface area contributed by atoms with Crippen LogP contribution in [0.1, 0.15) is 32.1 Å². The minimum Gasteiger partial charge on any atom is -0.480 e. The van der Waals surface area contributed by atoms with Gasteiger partial charge < -0.3 is 10.0 Å². The maximum absolute atomic E-state index is 11.7. The van der Waals surface area contributed by atoms with E-state index in [4.69, 9.17) is 5.11 Å². The highest BCUT2D eigenvalue weighted by molar-refractivity contribution is 7.80. The van der Waals surface area contributed by atoms with Crippen LogP contribution in [0.3, 0.4) is 0 Å². The summed E-state index contributed by atoms with van der Waals surface area (Å²) in [6, 6.07) is -0.605. The highest BCUT2D eigenvalue weighted by Gasteiger charge is 2.31. The maximum Gasteiger partial charge on any atom is 0.326 e. The highest BCUT2D eigenvalue weighted by atomic mass is 32.1. The quantitative estimate of drug-likeness (QED) is 0.714. The lowest BCUT2D eigenvalue weighted by molar-refractivity contribution is -0.152. The van der Waals surface area contributed by atoms with Gasteiger partial charge in [0.2, 0.25) is 5.91 Å². The molecule has 0 saturated carbocycles. The standard InChI is InChI=1S/C10H17NO3S/c12-9(5-3-7-15)11-6-2-1-4-8(11)10(13)14/h8,15H,1-7H2,(H,13,14). The fraction of sp³-hybridized carbons (Fsp3) is 0.800. The predicted molar refractivity (Wildman–Crippen MR) is 60.1 cm³/mol. The molecule has 1 fully saturated rings. The fourth-order valence-electron chi connectivity index (χ4n) is 1.86. The predicted octanol–water partition coefficient (Wildman–Crippen LogP) is 1.16. The first-order valence-electron chi connectivity index (χ1n) is 5.30. The van der Waals surface area contributed by atoms with Crippen molar-refractivity contribution in [1.82, 2.24) is 4.90 Å². The van der Waals surface area contributed by atoms with E-state index in [-0.39, 0.29) is 5.91 Å². The minimum absolute atomic E-state index is 0.0452. The van der Waals surface area contributed by atoms with Crippen molar-refractivity contribution in [2.24, 2.45) is 0 Å². The van der Waals surface area contributed by atoms with Gasteiger partial charge in [0.05, 0.1) is 0 Å². The normalized spacial score (nSPS) is 21.4. The van der Waals surface area contributed by atoms with Crippen LogP contribution >= 0.6 is 12.6 Å². The summed E-state index contributed by atoms with van der Waals surface area (Å²) in [6.45, 7) is 0.586. The van der Waals surface area contributed by atoms with E-state index in [2.05, 4.69) is 12.6 Å². The molecule has 1 heterocycles.